The van der Waals surface area contributed by atoms with Gasteiger partial charge in [0.2, 0.25) is 5.91 Å². The Balaban J connectivity index is 1.41. The zero-order valence-corrected chi connectivity index (χ0v) is 14.0. The number of amides is 2. The molecule has 1 aromatic carbocycles. The van der Waals surface area contributed by atoms with Crippen molar-refractivity contribution < 1.29 is 14.3 Å². The third kappa shape index (κ3) is 4.12. The predicted octanol–water partition coefficient (Wildman–Crippen LogP) is 0.916. The van der Waals surface area contributed by atoms with Crippen LogP contribution in [0.5, 0.6) is 5.75 Å². The highest BCUT2D eigenvalue weighted by atomic mass is 16.5. The van der Waals surface area contributed by atoms with Gasteiger partial charge in [-0.1, -0.05) is 12.1 Å². The second-order valence-electron chi connectivity index (χ2n) is 5.89. The monoisotopic (exact) mass is 340 g/mol. The summed E-state index contributed by atoms with van der Waals surface area (Å²) in [7, 11) is 1.63. The fraction of sp³-hybridized carbons (Fsp3) is 0.333. The van der Waals surface area contributed by atoms with E-state index < -0.39 is 0 Å². The molecule has 0 aliphatic carbocycles. The van der Waals surface area contributed by atoms with Crippen LogP contribution >= 0.6 is 0 Å². The molecule has 0 spiro atoms. The second kappa shape index (κ2) is 7.74. The molecule has 0 saturated carbocycles. The minimum absolute atomic E-state index is 0.0221. The number of aromatic nitrogens is 2. The summed E-state index contributed by atoms with van der Waals surface area (Å²) in [5.41, 5.74) is 1.41. The van der Waals surface area contributed by atoms with Gasteiger partial charge in [-0.25, -0.2) is 4.98 Å². The van der Waals surface area contributed by atoms with Crippen LogP contribution in [-0.4, -0.2) is 53.4 Å². The second-order valence-corrected chi connectivity index (χ2v) is 5.89. The number of nitrogens with one attached hydrogen (secondary N) is 1. The number of likely N-dealkylation sites (tertiary alicyclic amines) is 1. The smallest absolute Gasteiger partial charge is 0.274 e. The van der Waals surface area contributed by atoms with E-state index in [0.717, 1.165) is 17.7 Å². The van der Waals surface area contributed by atoms with Crippen molar-refractivity contribution in [1.29, 1.82) is 0 Å². The molecule has 2 aromatic rings. The fourth-order valence-electron chi connectivity index (χ4n) is 2.68. The molecule has 2 heterocycles. The maximum Gasteiger partial charge on any atom is 0.274 e. The normalized spacial score (nSPS) is 13.9. The van der Waals surface area contributed by atoms with Crippen molar-refractivity contribution in [3.63, 3.8) is 0 Å². The Morgan fingerprint density at radius 1 is 1.32 bits per heavy atom. The highest BCUT2D eigenvalue weighted by Crippen LogP contribution is 2.18. The summed E-state index contributed by atoms with van der Waals surface area (Å²) < 4.78 is 5.18. The number of methoxy groups -OCH3 is 1. The molecular formula is C18H20N4O3. The summed E-state index contributed by atoms with van der Waals surface area (Å²) in [5, 5.41) is 2.92. The van der Waals surface area contributed by atoms with Crippen LogP contribution in [0.4, 0.5) is 0 Å². The van der Waals surface area contributed by atoms with Crippen LogP contribution < -0.4 is 10.1 Å². The molecule has 0 unspecified atom stereocenters. The first-order valence-electron chi connectivity index (χ1n) is 8.13. The van der Waals surface area contributed by atoms with Gasteiger partial charge in [-0.15, -0.1) is 0 Å². The van der Waals surface area contributed by atoms with Crippen LogP contribution in [0, 0.1) is 5.92 Å². The zero-order valence-electron chi connectivity index (χ0n) is 14.0. The van der Waals surface area contributed by atoms with E-state index >= 15 is 0 Å². The first-order chi connectivity index (χ1) is 12.2. The fourth-order valence-corrected chi connectivity index (χ4v) is 2.68. The largest absolute Gasteiger partial charge is 0.497 e. The highest BCUT2D eigenvalue weighted by molar-refractivity contribution is 5.94. The third-order valence-electron chi connectivity index (χ3n) is 4.17. The van der Waals surface area contributed by atoms with Gasteiger partial charge in [0.25, 0.3) is 5.91 Å². The van der Waals surface area contributed by atoms with Crippen LogP contribution in [0.15, 0.2) is 42.9 Å². The van der Waals surface area contributed by atoms with E-state index in [2.05, 4.69) is 15.3 Å². The molecule has 1 N–H and O–H groups in total. The Morgan fingerprint density at radius 3 is 2.88 bits per heavy atom. The minimum atomic E-state index is -0.187. The van der Waals surface area contributed by atoms with E-state index in [1.807, 2.05) is 24.3 Å². The molecule has 1 fully saturated rings. The average molecular weight is 340 g/mol. The molecule has 3 rings (SSSR count). The molecule has 1 aromatic heterocycles. The number of rotatable bonds is 6. The van der Waals surface area contributed by atoms with Gasteiger partial charge < -0.3 is 15.0 Å². The van der Waals surface area contributed by atoms with Crippen LogP contribution in [0.1, 0.15) is 16.1 Å². The molecular weight excluding hydrogens is 320 g/mol. The number of nitrogens with zero attached hydrogens (tertiary/aromatic N) is 3. The third-order valence-corrected chi connectivity index (χ3v) is 4.17. The molecule has 0 atom stereocenters. The van der Waals surface area contributed by atoms with Crippen LogP contribution in [0.2, 0.25) is 0 Å². The van der Waals surface area contributed by atoms with Gasteiger partial charge in [0.15, 0.2) is 0 Å². The quantitative estimate of drug-likeness (QED) is 0.845. The Bertz CT molecular complexity index is 745. The SMILES string of the molecule is COc1cccc(CCNC(=O)C2CN(C(=O)c3cnccn3)C2)c1. The molecule has 1 aliphatic rings. The van der Waals surface area contributed by atoms with E-state index in [4.69, 9.17) is 4.74 Å². The number of carbonyl (C=O) groups excluding carboxylic acids is 2. The van der Waals surface area contributed by atoms with Crippen molar-refractivity contribution in [3.8, 4) is 5.75 Å². The molecule has 2 amide bonds. The maximum absolute atomic E-state index is 12.1. The summed E-state index contributed by atoms with van der Waals surface area (Å²) in [4.78, 5) is 33.8. The van der Waals surface area contributed by atoms with Gasteiger partial charge in [0.1, 0.15) is 11.4 Å². The average Bonchev–Trinajstić information content (AvgIpc) is 2.61. The van der Waals surface area contributed by atoms with Gasteiger partial charge in [0, 0.05) is 32.0 Å². The molecule has 0 radical (unpaired) electrons. The molecule has 1 aliphatic heterocycles. The summed E-state index contributed by atoms with van der Waals surface area (Å²) in [6.07, 6.45) is 5.17. The van der Waals surface area contributed by atoms with Gasteiger partial charge in [0.05, 0.1) is 19.2 Å². The van der Waals surface area contributed by atoms with E-state index in [9.17, 15) is 9.59 Å². The molecule has 1 saturated heterocycles. The molecule has 7 heteroatoms. The van der Waals surface area contributed by atoms with Crippen molar-refractivity contribution in [2.45, 2.75) is 6.42 Å². The molecule has 0 bridgehead atoms. The number of ether oxygens (including phenoxy) is 1. The summed E-state index contributed by atoms with van der Waals surface area (Å²) in [6, 6.07) is 7.77. The van der Waals surface area contributed by atoms with E-state index in [-0.39, 0.29) is 17.7 Å². The molecule has 25 heavy (non-hydrogen) atoms. The van der Waals surface area contributed by atoms with Crippen LogP contribution in [0.25, 0.3) is 0 Å². The van der Waals surface area contributed by atoms with Crippen molar-refractivity contribution in [2.75, 3.05) is 26.7 Å². The number of hydrogen-bond acceptors (Lipinski definition) is 5. The minimum Gasteiger partial charge on any atom is -0.497 e. The Morgan fingerprint density at radius 2 is 2.16 bits per heavy atom. The van der Waals surface area contributed by atoms with Crippen LogP contribution in [0.3, 0.4) is 0 Å². The lowest BCUT2D eigenvalue weighted by Crippen LogP contribution is -2.56. The Hall–Kier alpha value is -2.96. The number of hydrogen-bond donors (Lipinski definition) is 1. The number of benzene rings is 1. The van der Waals surface area contributed by atoms with Gasteiger partial charge in [-0.2, -0.15) is 0 Å². The summed E-state index contributed by atoms with van der Waals surface area (Å²) in [6.45, 7) is 1.39. The Labute approximate surface area is 146 Å². The standard InChI is InChI=1S/C18H20N4O3/c1-25-15-4-2-3-13(9-15)5-6-21-17(23)14-11-22(12-14)18(24)16-10-19-7-8-20-16/h2-4,7-10,14H,5-6,11-12H2,1H3,(H,21,23). The van der Waals surface area contributed by atoms with E-state index in [1.54, 1.807) is 12.0 Å². The van der Waals surface area contributed by atoms with Crippen LogP contribution in [-0.2, 0) is 11.2 Å². The van der Waals surface area contributed by atoms with Gasteiger partial charge >= 0.3 is 0 Å². The first kappa shape index (κ1) is 16.9. The molecule has 7 nitrogen and oxygen atoms in total. The zero-order chi connectivity index (χ0) is 17.6. The predicted molar refractivity (Wildman–Crippen MR) is 91.1 cm³/mol. The van der Waals surface area contributed by atoms with Crippen molar-refractivity contribution in [2.24, 2.45) is 5.92 Å². The summed E-state index contributed by atoms with van der Waals surface area (Å²) in [5.74, 6) is 0.437. The molecule has 130 valence electrons. The Kier molecular flexibility index (Phi) is 5.23. The number of carbonyl (C=O) groups is 2. The van der Waals surface area contributed by atoms with Crippen molar-refractivity contribution in [3.05, 3.63) is 54.1 Å². The summed E-state index contributed by atoms with van der Waals surface area (Å²) >= 11 is 0. The topological polar surface area (TPSA) is 84.4 Å². The highest BCUT2D eigenvalue weighted by Gasteiger charge is 2.36. The maximum atomic E-state index is 12.1. The first-order valence-corrected chi connectivity index (χ1v) is 8.13. The lowest BCUT2D eigenvalue weighted by Gasteiger charge is -2.37. The van der Waals surface area contributed by atoms with E-state index in [0.29, 0.717) is 25.3 Å². The lowest BCUT2D eigenvalue weighted by atomic mass is 9.98. The van der Waals surface area contributed by atoms with E-state index in [1.165, 1.54) is 18.6 Å². The van der Waals surface area contributed by atoms with Gasteiger partial charge in [-0.3, -0.25) is 14.6 Å². The lowest BCUT2D eigenvalue weighted by molar-refractivity contribution is -0.128. The van der Waals surface area contributed by atoms with Gasteiger partial charge in [-0.05, 0) is 24.1 Å². The van der Waals surface area contributed by atoms with Crippen molar-refractivity contribution >= 4 is 11.8 Å². The van der Waals surface area contributed by atoms with Crippen molar-refractivity contribution in [1.82, 2.24) is 20.2 Å².